The van der Waals surface area contributed by atoms with Crippen molar-refractivity contribution >= 4 is 35.0 Å². The molecular formula is C18H15NO5S. The number of ether oxygens (including phenoxy) is 1. The average molecular weight is 357 g/mol. The van der Waals surface area contributed by atoms with E-state index in [1.54, 1.807) is 12.1 Å². The van der Waals surface area contributed by atoms with Crippen molar-refractivity contribution in [2.45, 2.75) is 13.5 Å². The Morgan fingerprint density at radius 3 is 2.72 bits per heavy atom. The van der Waals surface area contributed by atoms with Crippen LogP contribution in [-0.2, 0) is 16.1 Å². The van der Waals surface area contributed by atoms with Gasteiger partial charge < -0.3 is 9.15 Å². The van der Waals surface area contributed by atoms with Gasteiger partial charge in [-0.15, -0.1) is 0 Å². The minimum atomic E-state index is -0.611. The van der Waals surface area contributed by atoms with Crippen LogP contribution in [0.2, 0.25) is 0 Å². The summed E-state index contributed by atoms with van der Waals surface area (Å²) >= 11 is 0.887. The Bertz CT molecular complexity index is 883. The topological polar surface area (TPSA) is 76.8 Å². The van der Waals surface area contributed by atoms with E-state index in [9.17, 15) is 14.4 Å². The lowest BCUT2D eigenvalue weighted by molar-refractivity contribution is -0.123. The zero-order valence-electron chi connectivity index (χ0n) is 13.6. The Balaban J connectivity index is 1.79. The van der Waals surface area contributed by atoms with Crippen molar-refractivity contribution in [3.63, 3.8) is 0 Å². The molecule has 1 saturated heterocycles. The molecule has 0 radical (unpaired) electrons. The fourth-order valence-electron chi connectivity index (χ4n) is 2.36. The molecule has 1 aliphatic rings. The molecule has 1 fully saturated rings. The van der Waals surface area contributed by atoms with Gasteiger partial charge in [0.05, 0.1) is 18.6 Å². The van der Waals surface area contributed by atoms with Gasteiger partial charge in [0.1, 0.15) is 5.76 Å². The maximum atomic E-state index is 12.5. The summed E-state index contributed by atoms with van der Waals surface area (Å²) in [4.78, 5) is 37.5. The van der Waals surface area contributed by atoms with Crippen LogP contribution in [0.25, 0.3) is 6.08 Å². The van der Waals surface area contributed by atoms with Crippen LogP contribution in [0.3, 0.4) is 0 Å². The molecule has 3 rings (SSSR count). The lowest BCUT2D eigenvalue weighted by Gasteiger charge is -2.10. The van der Waals surface area contributed by atoms with Crippen molar-refractivity contribution in [2.75, 3.05) is 7.11 Å². The van der Waals surface area contributed by atoms with Crippen molar-refractivity contribution in [1.29, 1.82) is 0 Å². The van der Waals surface area contributed by atoms with Crippen molar-refractivity contribution in [3.8, 4) is 0 Å². The first-order valence-corrected chi connectivity index (χ1v) is 8.29. The first-order chi connectivity index (χ1) is 12.0. The number of benzene rings is 1. The number of rotatable bonds is 4. The highest BCUT2D eigenvalue weighted by atomic mass is 32.2. The summed E-state index contributed by atoms with van der Waals surface area (Å²) in [6, 6.07) is 10.6. The number of amides is 2. The Labute approximate surface area is 148 Å². The van der Waals surface area contributed by atoms with Gasteiger partial charge in [-0.05, 0) is 48.0 Å². The largest absolute Gasteiger partial charge is 0.463 e. The molecule has 0 aliphatic carbocycles. The molecule has 0 bridgehead atoms. The quantitative estimate of drug-likeness (QED) is 0.614. The van der Waals surface area contributed by atoms with Gasteiger partial charge in [0.25, 0.3) is 11.1 Å². The van der Waals surface area contributed by atoms with E-state index >= 15 is 0 Å². The summed E-state index contributed by atoms with van der Waals surface area (Å²) in [6.07, 6.45) is 1.71. The van der Waals surface area contributed by atoms with E-state index in [1.807, 2.05) is 31.2 Å². The lowest BCUT2D eigenvalue weighted by Crippen LogP contribution is -2.27. The predicted molar refractivity (Wildman–Crippen MR) is 92.7 cm³/mol. The number of imide groups is 1. The van der Waals surface area contributed by atoms with E-state index in [0.29, 0.717) is 10.7 Å². The summed E-state index contributed by atoms with van der Waals surface area (Å²) in [5.41, 5.74) is 1.90. The van der Waals surface area contributed by atoms with Gasteiger partial charge in [-0.2, -0.15) is 0 Å². The van der Waals surface area contributed by atoms with Crippen LogP contribution < -0.4 is 0 Å². The van der Waals surface area contributed by atoms with Gasteiger partial charge >= 0.3 is 5.97 Å². The highest BCUT2D eigenvalue weighted by Crippen LogP contribution is 2.33. The highest BCUT2D eigenvalue weighted by Gasteiger charge is 2.35. The maximum absolute atomic E-state index is 12.5. The molecule has 0 unspecified atom stereocenters. The third kappa shape index (κ3) is 3.51. The fraction of sp³-hybridized carbons (Fsp3) is 0.167. The molecule has 128 valence electrons. The standard InChI is InChI=1S/C18H15NO5S/c1-11-5-3-4-6-12(11)9-15-16(20)19(18(22)25-15)10-13-7-8-14(24-13)17(21)23-2/h3-9H,10H2,1-2H3/b15-9+. The van der Waals surface area contributed by atoms with E-state index < -0.39 is 5.97 Å². The minimum absolute atomic E-state index is 0.0277. The smallest absolute Gasteiger partial charge is 0.373 e. The van der Waals surface area contributed by atoms with Gasteiger partial charge in [-0.25, -0.2) is 4.79 Å². The maximum Gasteiger partial charge on any atom is 0.373 e. The van der Waals surface area contributed by atoms with E-state index in [4.69, 9.17) is 4.42 Å². The summed E-state index contributed by atoms with van der Waals surface area (Å²) in [5, 5.41) is -0.374. The molecule has 25 heavy (non-hydrogen) atoms. The Morgan fingerprint density at radius 1 is 1.24 bits per heavy atom. The van der Waals surface area contributed by atoms with Gasteiger partial charge in [0.2, 0.25) is 5.76 Å². The summed E-state index contributed by atoms with van der Waals surface area (Å²) in [5.74, 6) is -0.631. The number of methoxy groups -OCH3 is 1. The van der Waals surface area contributed by atoms with Crippen molar-refractivity contribution in [3.05, 3.63) is 64.0 Å². The predicted octanol–water partition coefficient (Wildman–Crippen LogP) is 3.61. The average Bonchev–Trinajstić information content (AvgIpc) is 3.17. The number of esters is 1. The lowest BCUT2D eigenvalue weighted by atomic mass is 10.1. The van der Waals surface area contributed by atoms with E-state index in [1.165, 1.54) is 13.2 Å². The van der Waals surface area contributed by atoms with Crippen LogP contribution in [0.1, 0.15) is 27.4 Å². The molecule has 1 aliphatic heterocycles. The first-order valence-electron chi connectivity index (χ1n) is 7.47. The van der Waals surface area contributed by atoms with Crippen molar-refractivity contribution < 1.29 is 23.5 Å². The molecule has 2 heterocycles. The highest BCUT2D eigenvalue weighted by molar-refractivity contribution is 8.18. The second-order valence-corrected chi connectivity index (χ2v) is 6.38. The molecule has 1 aromatic carbocycles. The third-order valence-electron chi connectivity index (χ3n) is 3.71. The molecule has 0 atom stereocenters. The molecular weight excluding hydrogens is 342 g/mol. The molecule has 1 aromatic heterocycles. The Kier molecular flexibility index (Phi) is 4.76. The van der Waals surface area contributed by atoms with Crippen LogP contribution in [0.5, 0.6) is 0 Å². The number of hydrogen-bond acceptors (Lipinski definition) is 6. The zero-order chi connectivity index (χ0) is 18.0. The zero-order valence-corrected chi connectivity index (χ0v) is 14.5. The van der Waals surface area contributed by atoms with Crippen molar-refractivity contribution in [1.82, 2.24) is 4.90 Å². The number of furan rings is 1. The second kappa shape index (κ2) is 6.98. The minimum Gasteiger partial charge on any atom is -0.463 e. The van der Waals surface area contributed by atoms with Gasteiger partial charge in [0.15, 0.2) is 0 Å². The molecule has 7 heteroatoms. The van der Waals surface area contributed by atoms with E-state index in [2.05, 4.69) is 4.74 Å². The Morgan fingerprint density at radius 2 is 2.00 bits per heavy atom. The van der Waals surface area contributed by atoms with Gasteiger partial charge in [0, 0.05) is 0 Å². The van der Waals surface area contributed by atoms with Gasteiger partial charge in [-0.1, -0.05) is 24.3 Å². The molecule has 2 amide bonds. The van der Waals surface area contributed by atoms with Crippen LogP contribution in [0, 0.1) is 6.92 Å². The number of hydrogen-bond donors (Lipinski definition) is 0. The SMILES string of the molecule is COC(=O)c1ccc(CN2C(=O)S/C(=C/c3ccccc3C)C2=O)o1. The van der Waals surface area contributed by atoms with Crippen LogP contribution in [-0.4, -0.2) is 29.1 Å². The molecule has 0 N–H and O–H groups in total. The second-order valence-electron chi connectivity index (χ2n) is 5.38. The molecule has 0 spiro atoms. The number of carbonyl (C=O) groups is 3. The summed E-state index contributed by atoms with van der Waals surface area (Å²) in [7, 11) is 1.25. The summed E-state index contributed by atoms with van der Waals surface area (Å²) in [6.45, 7) is 1.90. The van der Waals surface area contributed by atoms with Crippen molar-refractivity contribution in [2.24, 2.45) is 0 Å². The summed E-state index contributed by atoms with van der Waals surface area (Å²) < 4.78 is 9.88. The van der Waals surface area contributed by atoms with Crippen LogP contribution >= 0.6 is 11.8 Å². The fourth-order valence-corrected chi connectivity index (χ4v) is 3.18. The van der Waals surface area contributed by atoms with E-state index in [-0.39, 0.29) is 23.5 Å². The Hall–Kier alpha value is -2.80. The molecule has 6 nitrogen and oxygen atoms in total. The van der Waals surface area contributed by atoms with E-state index in [0.717, 1.165) is 27.8 Å². The number of thioether (sulfide) groups is 1. The number of aryl methyl sites for hydroxylation is 1. The first kappa shape index (κ1) is 17.0. The monoisotopic (exact) mass is 357 g/mol. The number of nitrogens with zero attached hydrogens (tertiary/aromatic N) is 1. The molecule has 0 saturated carbocycles. The normalized spacial score (nSPS) is 15.9. The third-order valence-corrected chi connectivity index (χ3v) is 4.62. The van der Waals surface area contributed by atoms with Crippen LogP contribution in [0.4, 0.5) is 4.79 Å². The van der Waals surface area contributed by atoms with Gasteiger partial charge in [-0.3, -0.25) is 14.5 Å². The van der Waals surface area contributed by atoms with Crippen LogP contribution in [0.15, 0.2) is 45.7 Å². The number of carbonyl (C=O) groups excluding carboxylic acids is 3. The molecule has 2 aromatic rings.